The maximum Gasteiger partial charge on any atom is 0.306 e. The van der Waals surface area contributed by atoms with Gasteiger partial charge in [-0.3, -0.25) is 14.2 Å². The zero-order chi connectivity index (χ0) is 42.3. The van der Waals surface area contributed by atoms with E-state index >= 15 is 0 Å². The molecule has 0 aromatic rings. The molecular weight excluding hydrogens is 741 g/mol. The predicted molar refractivity (Wildman–Crippen MR) is 232 cm³/mol. The Labute approximate surface area is 348 Å². The van der Waals surface area contributed by atoms with E-state index in [-0.39, 0.29) is 32.2 Å². The van der Waals surface area contributed by atoms with Crippen LogP contribution in [0.2, 0.25) is 0 Å². The molecule has 0 rings (SSSR count). The number of quaternary nitrogens is 1. The van der Waals surface area contributed by atoms with Gasteiger partial charge >= 0.3 is 11.9 Å². The Morgan fingerprint density at radius 1 is 0.649 bits per heavy atom. The molecule has 0 amide bonds. The van der Waals surface area contributed by atoms with E-state index in [1.807, 2.05) is 52.4 Å². The lowest BCUT2D eigenvalue weighted by atomic mass is 10.0. The lowest BCUT2D eigenvalue weighted by molar-refractivity contribution is -0.870. The van der Waals surface area contributed by atoms with Crippen molar-refractivity contribution in [2.24, 2.45) is 0 Å². The molecule has 11 heteroatoms. The van der Waals surface area contributed by atoms with Crippen LogP contribution in [0.15, 0.2) is 60.8 Å². The summed E-state index contributed by atoms with van der Waals surface area (Å²) in [6, 6.07) is 0. The van der Waals surface area contributed by atoms with Crippen molar-refractivity contribution in [1.82, 2.24) is 0 Å². The maximum absolute atomic E-state index is 12.7. The lowest BCUT2D eigenvalue weighted by Crippen LogP contribution is -2.37. The Morgan fingerprint density at radius 3 is 1.70 bits per heavy atom. The molecule has 0 saturated heterocycles. The standard InChI is InChI=1S/C46H82NO9P/c1-6-8-9-10-11-12-13-14-15-20-23-26-29-32-35-38-46(50)56-44(42-55-57(51,52)54-40-39-47(3,4)5)41-53-45(49)37-34-31-28-25-22-19-17-16-18-21-24-27-30-33-36-43(48)7-2/h17-19,21,25,27-28,30,33,36,43-44,48H,6-16,20,22-24,26,29,31-32,34-35,37-42H2,1-5H3/b19-17-,21-18-,28-25-,30-27-,36-33+/t43-,44+/m0/s1. The molecule has 3 atom stereocenters. The Morgan fingerprint density at radius 2 is 1.16 bits per heavy atom. The number of aliphatic hydroxyl groups is 1. The molecule has 0 aromatic heterocycles. The normalized spacial score (nSPS) is 14.7. The van der Waals surface area contributed by atoms with Crippen LogP contribution in [0.3, 0.4) is 0 Å². The molecule has 0 bridgehead atoms. The monoisotopic (exact) mass is 824 g/mol. The van der Waals surface area contributed by atoms with Crippen molar-refractivity contribution in [3.8, 4) is 0 Å². The first-order valence-electron chi connectivity index (χ1n) is 22.1. The van der Waals surface area contributed by atoms with Gasteiger partial charge in [0.1, 0.15) is 19.8 Å². The molecule has 0 aliphatic rings. The van der Waals surface area contributed by atoms with Crippen LogP contribution in [0.1, 0.15) is 162 Å². The summed E-state index contributed by atoms with van der Waals surface area (Å²) < 4.78 is 33.8. The number of nitrogens with zero attached hydrogens (tertiary/aromatic N) is 1. The lowest BCUT2D eigenvalue weighted by Gasteiger charge is -2.28. The second-order valence-electron chi connectivity index (χ2n) is 15.9. The van der Waals surface area contributed by atoms with Crippen LogP contribution in [0.5, 0.6) is 0 Å². The summed E-state index contributed by atoms with van der Waals surface area (Å²) in [5.41, 5.74) is 0. The van der Waals surface area contributed by atoms with Crippen molar-refractivity contribution in [2.75, 3.05) is 47.5 Å². The Kier molecular flexibility index (Phi) is 36.4. The minimum Gasteiger partial charge on any atom is -0.756 e. The van der Waals surface area contributed by atoms with Crippen molar-refractivity contribution < 1.29 is 47.2 Å². The molecule has 1 unspecified atom stereocenters. The van der Waals surface area contributed by atoms with Crippen molar-refractivity contribution >= 4 is 19.8 Å². The molecule has 0 aliphatic heterocycles. The summed E-state index contributed by atoms with van der Waals surface area (Å²) >= 11 is 0. The van der Waals surface area contributed by atoms with Gasteiger partial charge in [0, 0.05) is 12.8 Å². The third-order valence-corrected chi connectivity index (χ3v) is 10.2. The van der Waals surface area contributed by atoms with Gasteiger partial charge < -0.3 is 33.0 Å². The van der Waals surface area contributed by atoms with E-state index in [1.165, 1.54) is 70.6 Å². The number of hydrogen-bond acceptors (Lipinski definition) is 9. The van der Waals surface area contributed by atoms with Crippen LogP contribution < -0.4 is 4.89 Å². The van der Waals surface area contributed by atoms with E-state index in [0.29, 0.717) is 36.7 Å². The number of carbonyl (C=O) groups excluding carboxylic acids is 2. The van der Waals surface area contributed by atoms with E-state index in [0.717, 1.165) is 38.5 Å². The highest BCUT2D eigenvalue weighted by molar-refractivity contribution is 7.45. The Bertz CT molecular complexity index is 1170. The average molecular weight is 824 g/mol. The van der Waals surface area contributed by atoms with Gasteiger partial charge in [0.15, 0.2) is 6.10 Å². The largest absolute Gasteiger partial charge is 0.756 e. The molecule has 0 saturated carbocycles. The number of rotatable bonds is 39. The van der Waals surface area contributed by atoms with Gasteiger partial charge in [-0.15, -0.1) is 0 Å². The van der Waals surface area contributed by atoms with Crippen LogP contribution in [-0.4, -0.2) is 81.2 Å². The first-order chi connectivity index (χ1) is 27.4. The summed E-state index contributed by atoms with van der Waals surface area (Å²) in [7, 11) is 1.11. The van der Waals surface area contributed by atoms with E-state index in [9.17, 15) is 24.2 Å². The van der Waals surface area contributed by atoms with Crippen molar-refractivity contribution in [3.63, 3.8) is 0 Å². The molecule has 57 heavy (non-hydrogen) atoms. The van der Waals surface area contributed by atoms with Crippen molar-refractivity contribution in [3.05, 3.63) is 60.8 Å². The molecule has 0 aromatic carbocycles. The van der Waals surface area contributed by atoms with Crippen LogP contribution in [0.25, 0.3) is 0 Å². The van der Waals surface area contributed by atoms with Gasteiger partial charge in [-0.05, 0) is 44.9 Å². The van der Waals surface area contributed by atoms with E-state index in [1.54, 1.807) is 6.08 Å². The number of aliphatic hydroxyl groups excluding tert-OH is 1. The van der Waals surface area contributed by atoms with Crippen molar-refractivity contribution in [2.45, 2.75) is 174 Å². The number of carbonyl (C=O) groups is 2. The minimum atomic E-state index is -4.65. The number of likely N-dealkylation sites (N-methyl/N-ethyl adjacent to an activating group) is 1. The molecule has 0 spiro atoms. The molecule has 10 nitrogen and oxygen atoms in total. The number of phosphoric acid groups is 1. The van der Waals surface area contributed by atoms with Gasteiger partial charge in [0.2, 0.25) is 0 Å². The summed E-state index contributed by atoms with van der Waals surface area (Å²) in [5, 5.41) is 9.48. The highest BCUT2D eigenvalue weighted by Crippen LogP contribution is 2.38. The fourth-order valence-corrected chi connectivity index (χ4v) is 6.31. The van der Waals surface area contributed by atoms with Gasteiger partial charge in [-0.1, -0.05) is 164 Å². The van der Waals surface area contributed by atoms with Crippen LogP contribution in [0.4, 0.5) is 0 Å². The number of ether oxygens (including phenoxy) is 2. The number of unbranched alkanes of at least 4 members (excludes halogenated alkanes) is 15. The van der Waals surface area contributed by atoms with E-state index < -0.39 is 32.5 Å². The Balaban J connectivity index is 4.46. The Hall–Kier alpha value is -2.33. The third kappa shape index (κ3) is 41.6. The fraction of sp³-hybridized carbons (Fsp3) is 0.739. The van der Waals surface area contributed by atoms with E-state index in [2.05, 4.69) is 37.3 Å². The number of esters is 2. The second-order valence-corrected chi connectivity index (χ2v) is 17.3. The van der Waals surface area contributed by atoms with Gasteiger partial charge in [0.05, 0.1) is 33.9 Å². The number of phosphoric ester groups is 1. The smallest absolute Gasteiger partial charge is 0.306 e. The van der Waals surface area contributed by atoms with Gasteiger partial charge in [0.25, 0.3) is 7.82 Å². The molecule has 0 aliphatic carbocycles. The van der Waals surface area contributed by atoms with E-state index in [4.69, 9.17) is 18.5 Å². The summed E-state index contributed by atoms with van der Waals surface area (Å²) in [6.07, 6.45) is 42.0. The third-order valence-electron chi connectivity index (χ3n) is 9.21. The highest BCUT2D eigenvalue weighted by Gasteiger charge is 2.21. The first kappa shape index (κ1) is 54.7. The molecule has 0 radical (unpaired) electrons. The zero-order valence-electron chi connectivity index (χ0n) is 36.6. The van der Waals surface area contributed by atoms with Crippen LogP contribution >= 0.6 is 7.82 Å². The fourth-order valence-electron chi connectivity index (χ4n) is 5.58. The summed E-state index contributed by atoms with van der Waals surface area (Å²) in [4.78, 5) is 37.5. The first-order valence-corrected chi connectivity index (χ1v) is 23.6. The zero-order valence-corrected chi connectivity index (χ0v) is 37.5. The minimum absolute atomic E-state index is 0.0469. The van der Waals surface area contributed by atoms with Crippen molar-refractivity contribution in [1.29, 1.82) is 0 Å². The van der Waals surface area contributed by atoms with Crippen LogP contribution in [0, 0.1) is 0 Å². The topological polar surface area (TPSA) is 131 Å². The molecular formula is C46H82NO9P. The number of allylic oxidation sites excluding steroid dienone is 9. The predicted octanol–water partition coefficient (Wildman–Crippen LogP) is 10.8. The van der Waals surface area contributed by atoms with Gasteiger partial charge in [-0.2, -0.15) is 0 Å². The molecule has 1 N–H and O–H groups in total. The van der Waals surface area contributed by atoms with Gasteiger partial charge in [-0.25, -0.2) is 0 Å². The summed E-state index contributed by atoms with van der Waals surface area (Å²) in [6.45, 7) is 3.82. The summed E-state index contributed by atoms with van der Waals surface area (Å²) in [5.74, 6) is -0.922. The SMILES string of the molecule is CCCCCCCCCCCCCCCCCC(=O)O[C@H](COC(=O)CCC/C=C\C/C=C\C/C=C\C/C=C\C=C\[C@@H](O)CC)COP(=O)([O-])OCC[N+](C)(C)C. The molecule has 0 heterocycles. The molecule has 330 valence electrons. The van der Waals surface area contributed by atoms with Crippen LogP contribution in [-0.2, 0) is 32.7 Å². The average Bonchev–Trinajstić information content (AvgIpc) is 3.16. The quantitative estimate of drug-likeness (QED) is 0.0161. The second kappa shape index (κ2) is 37.9. The maximum atomic E-state index is 12.7. The number of hydrogen-bond donors (Lipinski definition) is 1. The highest BCUT2D eigenvalue weighted by atomic mass is 31.2. The molecule has 0 fully saturated rings.